The lowest BCUT2D eigenvalue weighted by Crippen LogP contribution is -2.34. The van der Waals surface area contributed by atoms with Crippen molar-refractivity contribution in [3.05, 3.63) is 48.6 Å². The molecule has 0 spiro atoms. The van der Waals surface area contributed by atoms with Gasteiger partial charge in [-0.1, -0.05) is 36.4 Å². The second-order valence-corrected chi connectivity index (χ2v) is 4.74. The molecule has 0 unspecified atom stereocenters. The molecule has 0 amide bonds. The predicted molar refractivity (Wildman–Crippen MR) is 70.3 cm³/mol. The van der Waals surface area contributed by atoms with Crippen molar-refractivity contribution in [3.63, 3.8) is 0 Å². The van der Waals surface area contributed by atoms with Crippen LogP contribution in [-0.4, -0.2) is 30.4 Å². The molecule has 1 heterocycles. The highest BCUT2D eigenvalue weighted by atomic mass is 16.6. The number of aliphatic hydroxyl groups is 1. The van der Waals surface area contributed by atoms with Crippen LogP contribution in [-0.2, 0) is 20.9 Å². The van der Waals surface area contributed by atoms with Crippen LogP contribution in [0.25, 0.3) is 0 Å². The lowest BCUT2D eigenvalue weighted by molar-refractivity contribution is -0.145. The summed E-state index contributed by atoms with van der Waals surface area (Å²) in [5, 5.41) is 9.82. The van der Waals surface area contributed by atoms with E-state index in [0.717, 1.165) is 5.56 Å². The first-order chi connectivity index (χ1) is 9.18. The van der Waals surface area contributed by atoms with Crippen LogP contribution in [0.2, 0.25) is 0 Å². The van der Waals surface area contributed by atoms with Crippen molar-refractivity contribution >= 4 is 5.97 Å². The van der Waals surface area contributed by atoms with E-state index in [4.69, 9.17) is 9.47 Å². The van der Waals surface area contributed by atoms with Gasteiger partial charge in [-0.05, 0) is 12.0 Å². The second kappa shape index (κ2) is 5.99. The van der Waals surface area contributed by atoms with E-state index in [0.29, 0.717) is 19.6 Å². The van der Waals surface area contributed by atoms with Gasteiger partial charge in [0.25, 0.3) is 0 Å². The van der Waals surface area contributed by atoms with E-state index < -0.39 is 17.5 Å². The molecule has 1 aliphatic rings. The molecule has 1 fully saturated rings. The number of esters is 1. The third kappa shape index (κ3) is 3.03. The zero-order valence-electron chi connectivity index (χ0n) is 10.7. The Morgan fingerprint density at radius 3 is 2.79 bits per heavy atom. The van der Waals surface area contributed by atoms with E-state index in [1.165, 1.54) is 0 Å². The summed E-state index contributed by atoms with van der Waals surface area (Å²) in [4.78, 5) is 11.2. The molecule has 0 aliphatic carbocycles. The molecule has 0 bridgehead atoms. The van der Waals surface area contributed by atoms with Crippen molar-refractivity contribution in [1.82, 2.24) is 0 Å². The van der Waals surface area contributed by atoms with Crippen LogP contribution in [0.3, 0.4) is 0 Å². The maximum atomic E-state index is 11.2. The zero-order chi connectivity index (χ0) is 13.7. The third-order valence-corrected chi connectivity index (χ3v) is 3.48. The average Bonchev–Trinajstić information content (AvgIpc) is 2.74. The van der Waals surface area contributed by atoms with Gasteiger partial charge in [0.1, 0.15) is 6.61 Å². The van der Waals surface area contributed by atoms with Crippen LogP contribution < -0.4 is 0 Å². The number of cyclic esters (lactones) is 1. The molecular formula is C15H18O4. The zero-order valence-corrected chi connectivity index (χ0v) is 10.7. The van der Waals surface area contributed by atoms with Gasteiger partial charge in [0.15, 0.2) is 6.10 Å². The summed E-state index contributed by atoms with van der Waals surface area (Å²) >= 11 is 0. The number of rotatable bonds is 6. The predicted octanol–water partition coefficient (Wildman–Crippen LogP) is 1.68. The van der Waals surface area contributed by atoms with Gasteiger partial charge in [0.2, 0.25) is 0 Å². The normalized spacial score (nSPS) is 26.2. The maximum absolute atomic E-state index is 11.2. The number of carbonyl (C=O) groups is 1. The largest absolute Gasteiger partial charge is 0.463 e. The minimum atomic E-state index is -1.13. The first-order valence-corrected chi connectivity index (χ1v) is 6.28. The van der Waals surface area contributed by atoms with Gasteiger partial charge in [0, 0.05) is 6.61 Å². The maximum Gasteiger partial charge on any atom is 0.336 e. The standard InChI is InChI=1S/C15H18O4/c1-2-15(11-19-14(17)13(15)16)8-9-18-10-12-6-4-3-5-7-12/h2-7,13,16H,1,8-11H2/t13-,15+/m0/s1. The fourth-order valence-electron chi connectivity index (χ4n) is 2.11. The Morgan fingerprint density at radius 1 is 1.47 bits per heavy atom. The Kier molecular flexibility index (Phi) is 4.35. The molecule has 1 aliphatic heterocycles. The number of hydrogen-bond acceptors (Lipinski definition) is 4. The first-order valence-electron chi connectivity index (χ1n) is 6.28. The molecule has 4 heteroatoms. The number of benzene rings is 1. The molecule has 19 heavy (non-hydrogen) atoms. The van der Waals surface area contributed by atoms with Crippen LogP contribution in [0.15, 0.2) is 43.0 Å². The van der Waals surface area contributed by atoms with Gasteiger partial charge < -0.3 is 14.6 Å². The highest BCUT2D eigenvalue weighted by Gasteiger charge is 2.47. The van der Waals surface area contributed by atoms with E-state index in [1.807, 2.05) is 30.3 Å². The van der Waals surface area contributed by atoms with Gasteiger partial charge in [-0.15, -0.1) is 6.58 Å². The molecule has 0 radical (unpaired) electrons. The van der Waals surface area contributed by atoms with E-state index in [2.05, 4.69) is 6.58 Å². The van der Waals surface area contributed by atoms with Crippen LogP contribution in [0, 0.1) is 5.41 Å². The molecule has 2 atom stereocenters. The Hall–Kier alpha value is -1.65. The van der Waals surface area contributed by atoms with Crippen molar-refractivity contribution in [2.75, 3.05) is 13.2 Å². The fraction of sp³-hybridized carbons (Fsp3) is 0.400. The van der Waals surface area contributed by atoms with Crippen molar-refractivity contribution in [3.8, 4) is 0 Å². The van der Waals surface area contributed by atoms with Crippen molar-refractivity contribution in [2.24, 2.45) is 5.41 Å². The lowest BCUT2D eigenvalue weighted by Gasteiger charge is -2.24. The second-order valence-electron chi connectivity index (χ2n) is 4.74. The molecule has 1 saturated heterocycles. The number of carbonyl (C=O) groups excluding carboxylic acids is 1. The molecule has 0 aromatic heterocycles. The SMILES string of the molecule is C=C[C@@]1(CCOCc2ccccc2)COC(=O)[C@@H]1O. The molecule has 1 aromatic carbocycles. The highest BCUT2D eigenvalue weighted by Crippen LogP contribution is 2.34. The number of aliphatic hydroxyl groups excluding tert-OH is 1. The minimum absolute atomic E-state index is 0.172. The van der Waals surface area contributed by atoms with Crippen molar-refractivity contribution in [2.45, 2.75) is 19.1 Å². The van der Waals surface area contributed by atoms with E-state index >= 15 is 0 Å². The van der Waals surface area contributed by atoms with Gasteiger partial charge in [0.05, 0.1) is 12.0 Å². The van der Waals surface area contributed by atoms with Gasteiger partial charge >= 0.3 is 5.97 Å². The summed E-state index contributed by atoms with van der Waals surface area (Å²) in [6, 6.07) is 9.84. The summed E-state index contributed by atoms with van der Waals surface area (Å²) in [6.45, 7) is 4.81. The average molecular weight is 262 g/mol. The molecular weight excluding hydrogens is 244 g/mol. The van der Waals surface area contributed by atoms with E-state index in [9.17, 15) is 9.90 Å². The topological polar surface area (TPSA) is 55.8 Å². The monoisotopic (exact) mass is 262 g/mol. The fourth-order valence-corrected chi connectivity index (χ4v) is 2.11. The molecule has 1 aromatic rings. The van der Waals surface area contributed by atoms with Crippen molar-refractivity contribution in [1.29, 1.82) is 0 Å². The lowest BCUT2D eigenvalue weighted by atomic mass is 9.82. The third-order valence-electron chi connectivity index (χ3n) is 3.48. The molecule has 2 rings (SSSR count). The molecule has 1 N–H and O–H groups in total. The highest BCUT2D eigenvalue weighted by molar-refractivity contribution is 5.78. The summed E-state index contributed by atoms with van der Waals surface area (Å²) in [6.07, 6.45) is 0.968. The van der Waals surface area contributed by atoms with Gasteiger partial charge in [-0.25, -0.2) is 4.79 Å². The summed E-state index contributed by atoms with van der Waals surface area (Å²) < 4.78 is 10.4. The quantitative estimate of drug-likeness (QED) is 0.481. The Labute approximate surface area is 112 Å². The van der Waals surface area contributed by atoms with E-state index in [1.54, 1.807) is 6.08 Å². The Bertz CT molecular complexity index is 443. The van der Waals surface area contributed by atoms with Crippen LogP contribution in [0.5, 0.6) is 0 Å². The first kappa shape index (κ1) is 13.8. The van der Waals surface area contributed by atoms with Gasteiger partial charge in [-0.3, -0.25) is 0 Å². The number of hydrogen-bond donors (Lipinski definition) is 1. The Balaban J connectivity index is 1.81. The summed E-state index contributed by atoms with van der Waals surface area (Å²) in [7, 11) is 0. The molecule has 4 nitrogen and oxygen atoms in total. The van der Waals surface area contributed by atoms with Crippen LogP contribution in [0.4, 0.5) is 0 Å². The Morgan fingerprint density at radius 2 is 2.21 bits per heavy atom. The molecule has 102 valence electrons. The smallest absolute Gasteiger partial charge is 0.336 e. The van der Waals surface area contributed by atoms with E-state index in [-0.39, 0.29) is 6.61 Å². The molecule has 0 saturated carbocycles. The van der Waals surface area contributed by atoms with Crippen LogP contribution in [0.1, 0.15) is 12.0 Å². The van der Waals surface area contributed by atoms with Crippen LogP contribution >= 0.6 is 0 Å². The summed E-state index contributed by atoms with van der Waals surface area (Å²) in [5.41, 5.74) is 0.378. The van der Waals surface area contributed by atoms with Crippen molar-refractivity contribution < 1.29 is 19.4 Å². The number of ether oxygens (including phenoxy) is 2. The van der Waals surface area contributed by atoms with Gasteiger partial charge in [-0.2, -0.15) is 0 Å². The summed E-state index contributed by atoms with van der Waals surface area (Å²) in [5.74, 6) is -0.581. The minimum Gasteiger partial charge on any atom is -0.463 e.